The summed E-state index contributed by atoms with van der Waals surface area (Å²) in [4.78, 5) is 29.2. The van der Waals surface area contributed by atoms with Crippen LogP contribution in [0.15, 0.2) is 48.6 Å². The number of phenols is 1. The van der Waals surface area contributed by atoms with E-state index in [9.17, 15) is 14.7 Å². The van der Waals surface area contributed by atoms with Crippen LogP contribution in [-0.2, 0) is 9.59 Å². The number of phenolic OH excluding ortho intramolecular Hbond substituents is 1. The van der Waals surface area contributed by atoms with Crippen LogP contribution in [0.5, 0.6) is 5.75 Å². The summed E-state index contributed by atoms with van der Waals surface area (Å²) in [6.45, 7) is 4.76. The van der Waals surface area contributed by atoms with Crippen molar-refractivity contribution >= 4 is 17.5 Å². The summed E-state index contributed by atoms with van der Waals surface area (Å²) in [6.07, 6.45) is 9.05. The largest absolute Gasteiger partial charge is 0.508 e. The van der Waals surface area contributed by atoms with E-state index in [4.69, 9.17) is 0 Å². The van der Waals surface area contributed by atoms with Crippen LogP contribution in [0.4, 0.5) is 5.69 Å². The third kappa shape index (κ3) is 3.37. The number of piperazine rings is 1. The number of nitrogens with one attached hydrogen (secondary N) is 1. The topological polar surface area (TPSA) is 72.9 Å². The Labute approximate surface area is 159 Å². The highest BCUT2D eigenvalue weighted by Gasteiger charge is 2.52. The number of carbonyl (C=O) groups is 2. The molecular weight excluding hydrogens is 342 g/mol. The number of fused-ring (bicyclic) bond motifs is 1. The molecule has 2 unspecified atom stereocenters. The van der Waals surface area contributed by atoms with E-state index in [-0.39, 0.29) is 23.5 Å². The van der Waals surface area contributed by atoms with Crippen molar-refractivity contribution in [2.24, 2.45) is 11.3 Å². The highest BCUT2D eigenvalue weighted by Crippen LogP contribution is 2.42. The smallest absolute Gasteiger partial charge is 0.237 e. The Morgan fingerprint density at radius 3 is 2.56 bits per heavy atom. The number of hydrogen-bond donors (Lipinski definition) is 2. The van der Waals surface area contributed by atoms with Gasteiger partial charge in [0, 0.05) is 31.9 Å². The predicted molar refractivity (Wildman–Crippen MR) is 103 cm³/mol. The maximum absolute atomic E-state index is 12.4. The SMILES string of the molecule is O=C1NC(=O)C2(CCCN3CCN(c4ccc(O)cc4)CC3)C=CC=CC12. The molecule has 2 fully saturated rings. The van der Waals surface area contributed by atoms with Gasteiger partial charge in [0.05, 0.1) is 11.3 Å². The molecule has 1 aromatic rings. The van der Waals surface area contributed by atoms with Crippen LogP contribution in [0.1, 0.15) is 12.8 Å². The van der Waals surface area contributed by atoms with Crippen LogP contribution in [0.3, 0.4) is 0 Å². The summed E-state index contributed by atoms with van der Waals surface area (Å²) in [5.74, 6) is -0.407. The normalized spacial score (nSPS) is 27.7. The molecule has 1 aromatic carbocycles. The maximum atomic E-state index is 12.4. The lowest BCUT2D eigenvalue weighted by Gasteiger charge is -2.37. The molecule has 2 heterocycles. The lowest BCUT2D eigenvalue weighted by Crippen LogP contribution is -2.47. The Balaban J connectivity index is 1.29. The van der Waals surface area contributed by atoms with Crippen molar-refractivity contribution in [1.82, 2.24) is 10.2 Å². The molecule has 2 N–H and O–H groups in total. The van der Waals surface area contributed by atoms with Crippen LogP contribution in [-0.4, -0.2) is 54.5 Å². The minimum Gasteiger partial charge on any atom is -0.508 e. The number of amides is 2. The average molecular weight is 367 g/mol. The number of imide groups is 1. The number of anilines is 1. The first-order valence-corrected chi connectivity index (χ1v) is 9.56. The monoisotopic (exact) mass is 367 g/mol. The molecule has 27 heavy (non-hydrogen) atoms. The number of benzene rings is 1. The van der Waals surface area contributed by atoms with Crippen LogP contribution >= 0.6 is 0 Å². The number of allylic oxidation sites excluding steroid dienone is 2. The molecular formula is C21H25N3O3. The van der Waals surface area contributed by atoms with Crippen LogP contribution in [0, 0.1) is 11.3 Å². The molecule has 0 spiro atoms. The van der Waals surface area contributed by atoms with Crippen molar-refractivity contribution in [3.05, 3.63) is 48.6 Å². The van der Waals surface area contributed by atoms with Gasteiger partial charge < -0.3 is 10.0 Å². The van der Waals surface area contributed by atoms with Gasteiger partial charge in [-0.1, -0.05) is 24.3 Å². The fourth-order valence-corrected chi connectivity index (χ4v) is 4.36. The molecule has 1 aliphatic carbocycles. The molecule has 2 aliphatic heterocycles. The highest BCUT2D eigenvalue weighted by molar-refractivity contribution is 6.09. The van der Waals surface area contributed by atoms with Gasteiger partial charge >= 0.3 is 0 Å². The number of hydrogen-bond acceptors (Lipinski definition) is 5. The molecule has 6 heteroatoms. The Kier molecular flexibility index (Phi) is 4.74. The second kappa shape index (κ2) is 7.19. The number of carbonyl (C=O) groups excluding carboxylic acids is 2. The molecule has 0 saturated carbocycles. The molecule has 0 bridgehead atoms. The predicted octanol–water partition coefficient (Wildman–Crippen LogP) is 1.68. The van der Waals surface area contributed by atoms with E-state index < -0.39 is 5.41 Å². The van der Waals surface area contributed by atoms with E-state index in [1.165, 1.54) is 0 Å². The van der Waals surface area contributed by atoms with Gasteiger partial charge in [0.1, 0.15) is 5.75 Å². The van der Waals surface area contributed by atoms with E-state index in [0.717, 1.165) is 44.8 Å². The van der Waals surface area contributed by atoms with Gasteiger partial charge in [0.15, 0.2) is 0 Å². The van der Waals surface area contributed by atoms with Crippen molar-refractivity contribution in [3.8, 4) is 5.75 Å². The second-order valence-electron chi connectivity index (χ2n) is 7.53. The molecule has 0 radical (unpaired) electrons. The number of aromatic hydroxyl groups is 1. The molecule has 2 atom stereocenters. The molecule has 0 aromatic heterocycles. The first kappa shape index (κ1) is 17.8. The minimum absolute atomic E-state index is 0.157. The maximum Gasteiger partial charge on any atom is 0.237 e. The van der Waals surface area contributed by atoms with Crippen molar-refractivity contribution < 1.29 is 14.7 Å². The summed E-state index contributed by atoms with van der Waals surface area (Å²) in [5, 5.41) is 11.9. The summed E-state index contributed by atoms with van der Waals surface area (Å²) in [6, 6.07) is 7.33. The molecule has 6 nitrogen and oxygen atoms in total. The third-order valence-electron chi connectivity index (χ3n) is 5.96. The average Bonchev–Trinajstić information content (AvgIpc) is 2.94. The Bertz CT molecular complexity index is 778. The van der Waals surface area contributed by atoms with E-state index >= 15 is 0 Å². The van der Waals surface area contributed by atoms with Crippen molar-refractivity contribution in [2.45, 2.75) is 12.8 Å². The molecule has 142 valence electrons. The van der Waals surface area contributed by atoms with Gasteiger partial charge in [-0.3, -0.25) is 19.8 Å². The first-order valence-electron chi connectivity index (χ1n) is 9.56. The fourth-order valence-electron chi connectivity index (χ4n) is 4.36. The summed E-state index contributed by atoms with van der Waals surface area (Å²) < 4.78 is 0. The summed E-state index contributed by atoms with van der Waals surface area (Å²) in [7, 11) is 0. The van der Waals surface area contributed by atoms with Crippen LogP contribution < -0.4 is 10.2 Å². The van der Waals surface area contributed by atoms with Gasteiger partial charge in [-0.2, -0.15) is 0 Å². The highest BCUT2D eigenvalue weighted by atomic mass is 16.3. The van der Waals surface area contributed by atoms with E-state index in [0.29, 0.717) is 6.42 Å². The molecule has 2 amide bonds. The molecule has 4 rings (SSSR count). The van der Waals surface area contributed by atoms with Crippen LogP contribution in [0.2, 0.25) is 0 Å². The number of rotatable bonds is 5. The zero-order valence-electron chi connectivity index (χ0n) is 15.3. The molecule has 3 aliphatic rings. The zero-order valence-corrected chi connectivity index (χ0v) is 15.3. The van der Waals surface area contributed by atoms with Crippen molar-refractivity contribution in [2.75, 3.05) is 37.6 Å². The quantitative estimate of drug-likeness (QED) is 0.775. The lowest BCUT2D eigenvalue weighted by atomic mass is 9.71. The van der Waals surface area contributed by atoms with E-state index in [2.05, 4.69) is 15.1 Å². The summed E-state index contributed by atoms with van der Waals surface area (Å²) in [5.41, 5.74) is 0.439. The molecule has 2 saturated heterocycles. The number of nitrogens with zero attached hydrogens (tertiary/aromatic N) is 2. The fraction of sp³-hybridized carbons (Fsp3) is 0.429. The minimum atomic E-state index is -0.695. The summed E-state index contributed by atoms with van der Waals surface area (Å²) >= 11 is 0. The van der Waals surface area contributed by atoms with Crippen molar-refractivity contribution in [3.63, 3.8) is 0 Å². The first-order chi connectivity index (χ1) is 13.1. The van der Waals surface area contributed by atoms with Crippen LogP contribution in [0.25, 0.3) is 0 Å². The van der Waals surface area contributed by atoms with Gasteiger partial charge in [-0.25, -0.2) is 0 Å². The Hall–Kier alpha value is -2.60. The standard InChI is InChI=1S/C21H25N3O3/c25-17-7-5-16(6-8-17)24-14-12-23(13-15-24)11-3-10-21-9-2-1-4-18(21)19(26)22-20(21)27/h1-2,4-9,18,25H,3,10-15H2,(H,22,26,27). The second-order valence-corrected chi connectivity index (χ2v) is 7.53. The third-order valence-corrected chi connectivity index (χ3v) is 5.96. The van der Waals surface area contributed by atoms with Gasteiger partial charge in [-0.05, 0) is 43.7 Å². The van der Waals surface area contributed by atoms with Gasteiger partial charge in [0.2, 0.25) is 11.8 Å². The van der Waals surface area contributed by atoms with E-state index in [1.807, 2.05) is 36.4 Å². The van der Waals surface area contributed by atoms with Gasteiger partial charge in [0.25, 0.3) is 0 Å². The van der Waals surface area contributed by atoms with Gasteiger partial charge in [-0.15, -0.1) is 0 Å². The van der Waals surface area contributed by atoms with Crippen molar-refractivity contribution in [1.29, 1.82) is 0 Å². The Morgan fingerprint density at radius 2 is 1.81 bits per heavy atom. The Morgan fingerprint density at radius 1 is 1.07 bits per heavy atom. The lowest BCUT2D eigenvalue weighted by molar-refractivity contribution is -0.127. The van der Waals surface area contributed by atoms with E-state index in [1.54, 1.807) is 12.1 Å². The zero-order chi connectivity index (χ0) is 18.9.